The van der Waals surface area contributed by atoms with Gasteiger partial charge in [0, 0.05) is 39.4 Å². The van der Waals surface area contributed by atoms with E-state index < -0.39 is 0 Å². The van der Waals surface area contributed by atoms with Gasteiger partial charge in [0.15, 0.2) is 0 Å². The fourth-order valence-electron chi connectivity index (χ4n) is 3.76. The number of rotatable bonds is 7. The molecular weight excluding hydrogens is 450 g/mol. The number of amides is 1. The van der Waals surface area contributed by atoms with Gasteiger partial charge in [0.1, 0.15) is 17.1 Å². The van der Waals surface area contributed by atoms with E-state index in [0.29, 0.717) is 28.6 Å². The van der Waals surface area contributed by atoms with Crippen LogP contribution in [0.5, 0.6) is 11.5 Å². The summed E-state index contributed by atoms with van der Waals surface area (Å²) in [5, 5.41) is 4.41. The number of methoxy groups -OCH3 is 1. The highest BCUT2D eigenvalue weighted by Gasteiger charge is 2.15. The Kier molecular flexibility index (Phi) is 6.94. The highest BCUT2D eigenvalue weighted by Crippen LogP contribution is 2.38. The molecule has 4 rings (SSSR count). The van der Waals surface area contributed by atoms with Gasteiger partial charge in [-0.15, -0.1) is 0 Å². The van der Waals surface area contributed by atoms with E-state index in [0.717, 1.165) is 39.0 Å². The van der Waals surface area contributed by atoms with Gasteiger partial charge >= 0.3 is 0 Å². The summed E-state index contributed by atoms with van der Waals surface area (Å²) in [7, 11) is 1.64. The Morgan fingerprint density at radius 2 is 1.88 bits per heavy atom. The molecule has 0 aliphatic carbocycles. The van der Waals surface area contributed by atoms with Crippen LogP contribution in [0.3, 0.4) is 0 Å². The molecule has 0 aliphatic heterocycles. The van der Waals surface area contributed by atoms with Crippen LogP contribution in [0.25, 0.3) is 27.7 Å². The Bertz CT molecular complexity index is 1370. The Morgan fingerprint density at radius 1 is 1.12 bits per heavy atom. The number of fused-ring (bicyclic) bond motifs is 1. The van der Waals surface area contributed by atoms with Gasteiger partial charge in [-0.1, -0.05) is 29.8 Å². The molecule has 0 aliphatic rings. The zero-order chi connectivity index (χ0) is 24.2. The summed E-state index contributed by atoms with van der Waals surface area (Å²) in [6, 6.07) is 17.1. The molecule has 0 saturated heterocycles. The highest BCUT2D eigenvalue weighted by molar-refractivity contribution is 6.31. The molecule has 0 radical (unpaired) electrons. The summed E-state index contributed by atoms with van der Waals surface area (Å²) in [5.41, 5.74) is 5.85. The first kappa shape index (κ1) is 23.5. The molecule has 5 nitrogen and oxygen atoms in total. The first-order valence-corrected chi connectivity index (χ1v) is 11.4. The molecule has 0 bridgehead atoms. The van der Waals surface area contributed by atoms with E-state index in [2.05, 4.69) is 5.32 Å². The van der Waals surface area contributed by atoms with Crippen LogP contribution in [0.15, 0.2) is 71.4 Å². The molecule has 6 heteroatoms. The normalized spacial score (nSPS) is 11.5. The minimum atomic E-state index is -0.248. The van der Waals surface area contributed by atoms with Crippen molar-refractivity contribution in [3.63, 3.8) is 0 Å². The maximum absolute atomic E-state index is 12.7. The maximum atomic E-state index is 12.7. The van der Waals surface area contributed by atoms with Gasteiger partial charge < -0.3 is 19.2 Å². The molecule has 4 aromatic rings. The zero-order valence-electron chi connectivity index (χ0n) is 19.6. The molecule has 0 spiro atoms. The van der Waals surface area contributed by atoms with Gasteiger partial charge in [0.2, 0.25) is 5.91 Å². The lowest BCUT2D eigenvalue weighted by Gasteiger charge is -2.12. The number of nitrogens with one attached hydrogen (secondary N) is 1. The van der Waals surface area contributed by atoms with Gasteiger partial charge in [0.25, 0.3) is 0 Å². The van der Waals surface area contributed by atoms with Crippen LogP contribution in [0.1, 0.15) is 25.0 Å². The van der Waals surface area contributed by atoms with Crippen molar-refractivity contribution in [2.75, 3.05) is 19.0 Å². The summed E-state index contributed by atoms with van der Waals surface area (Å²) >= 11 is 6.18. The molecule has 34 heavy (non-hydrogen) atoms. The maximum Gasteiger partial charge on any atom is 0.248 e. The Hall–Kier alpha value is -3.70. The quantitative estimate of drug-likeness (QED) is 0.281. The summed E-state index contributed by atoms with van der Waals surface area (Å²) < 4.78 is 17.0. The average molecular weight is 476 g/mol. The number of furan rings is 1. The minimum absolute atomic E-state index is 0.248. The second-order valence-corrected chi connectivity index (χ2v) is 8.34. The van der Waals surface area contributed by atoms with E-state index in [1.54, 1.807) is 25.5 Å². The van der Waals surface area contributed by atoms with Crippen LogP contribution in [0, 0.1) is 6.92 Å². The lowest BCUT2D eigenvalue weighted by molar-refractivity contribution is -0.111. The van der Waals surface area contributed by atoms with Crippen LogP contribution in [0.4, 0.5) is 5.69 Å². The number of carbonyl (C=O) groups excluding carboxylic acids is 1. The third kappa shape index (κ3) is 4.95. The summed E-state index contributed by atoms with van der Waals surface area (Å²) in [4.78, 5) is 12.7. The van der Waals surface area contributed by atoms with Crippen molar-refractivity contribution in [3.05, 3.63) is 83.1 Å². The van der Waals surface area contributed by atoms with Crippen LogP contribution in [-0.2, 0) is 4.79 Å². The number of halogens is 1. The average Bonchev–Trinajstić information content (AvgIpc) is 3.24. The molecule has 1 amide bonds. The molecule has 0 saturated carbocycles. The molecule has 0 atom stereocenters. The van der Waals surface area contributed by atoms with Gasteiger partial charge in [-0.25, -0.2) is 0 Å². The zero-order valence-corrected chi connectivity index (χ0v) is 20.3. The number of anilines is 1. The third-order valence-corrected chi connectivity index (χ3v) is 6.00. The fraction of sp³-hybridized carbons (Fsp3) is 0.179. The largest absolute Gasteiger partial charge is 0.497 e. The molecule has 0 fully saturated rings. The summed E-state index contributed by atoms with van der Waals surface area (Å²) in [6.45, 7) is 6.22. The lowest BCUT2D eigenvalue weighted by atomic mass is 9.99. The van der Waals surface area contributed by atoms with E-state index in [-0.39, 0.29) is 5.91 Å². The van der Waals surface area contributed by atoms with Crippen molar-refractivity contribution in [2.24, 2.45) is 0 Å². The second kappa shape index (κ2) is 10.1. The van der Waals surface area contributed by atoms with Crippen molar-refractivity contribution in [3.8, 4) is 22.6 Å². The molecule has 3 aromatic carbocycles. The topological polar surface area (TPSA) is 60.7 Å². The second-order valence-electron chi connectivity index (χ2n) is 7.94. The smallest absolute Gasteiger partial charge is 0.248 e. The number of hydrogen-bond acceptors (Lipinski definition) is 4. The van der Waals surface area contributed by atoms with E-state index in [4.69, 9.17) is 25.5 Å². The van der Waals surface area contributed by atoms with Crippen molar-refractivity contribution in [1.29, 1.82) is 0 Å². The number of carbonyl (C=O) groups is 1. The number of benzene rings is 3. The third-order valence-electron chi connectivity index (χ3n) is 5.59. The van der Waals surface area contributed by atoms with Crippen molar-refractivity contribution in [2.45, 2.75) is 20.8 Å². The molecular formula is C28H26ClNO4. The molecule has 1 heterocycles. The van der Waals surface area contributed by atoms with Gasteiger partial charge in [-0.3, -0.25) is 4.79 Å². The first-order valence-electron chi connectivity index (χ1n) is 11.0. The number of aryl methyl sites for hydroxylation is 1. The number of allylic oxidation sites excluding steroid dienone is 1. The lowest BCUT2D eigenvalue weighted by Crippen LogP contribution is -2.09. The summed E-state index contributed by atoms with van der Waals surface area (Å²) in [6.07, 6.45) is 3.30. The predicted octanol–water partition coefficient (Wildman–Crippen LogP) is 7.51. The SMILES string of the molecule is CCOc1cc2occ(-c3ccc(OC)cc3)c2cc1/C(C)=C/C(=O)Nc1ccc(C)c(Cl)c1. The van der Waals surface area contributed by atoms with E-state index >= 15 is 0 Å². The van der Waals surface area contributed by atoms with Crippen molar-refractivity contribution < 1.29 is 18.7 Å². The monoisotopic (exact) mass is 475 g/mol. The number of ether oxygens (including phenoxy) is 2. The standard InChI is InChI=1S/C28H26ClNO4/c1-5-33-26-15-27-23(24(16-34-27)19-7-10-21(32-4)11-8-19)14-22(26)18(3)12-28(31)30-20-9-6-17(2)25(29)13-20/h6-16H,5H2,1-4H3,(H,30,31)/b18-12+. The fourth-order valence-corrected chi connectivity index (χ4v) is 3.94. The van der Waals surface area contributed by atoms with E-state index in [1.807, 2.05) is 69.3 Å². The van der Waals surface area contributed by atoms with Crippen molar-refractivity contribution >= 4 is 39.7 Å². The van der Waals surface area contributed by atoms with E-state index in [9.17, 15) is 4.79 Å². The Morgan fingerprint density at radius 3 is 2.56 bits per heavy atom. The van der Waals surface area contributed by atoms with Gasteiger partial charge in [-0.05, 0) is 67.8 Å². The number of hydrogen-bond donors (Lipinski definition) is 1. The van der Waals surface area contributed by atoms with E-state index in [1.165, 1.54) is 0 Å². The molecule has 1 aromatic heterocycles. The summed E-state index contributed by atoms with van der Waals surface area (Å²) in [5.74, 6) is 1.20. The van der Waals surface area contributed by atoms with Gasteiger partial charge in [0.05, 0.1) is 20.0 Å². The minimum Gasteiger partial charge on any atom is -0.497 e. The first-order chi connectivity index (χ1) is 16.4. The van der Waals surface area contributed by atoms with Crippen LogP contribution in [0.2, 0.25) is 5.02 Å². The van der Waals surface area contributed by atoms with Crippen LogP contribution < -0.4 is 14.8 Å². The Balaban J connectivity index is 1.70. The molecule has 0 unspecified atom stereocenters. The van der Waals surface area contributed by atoms with Crippen LogP contribution in [-0.4, -0.2) is 19.6 Å². The molecule has 1 N–H and O–H groups in total. The van der Waals surface area contributed by atoms with Gasteiger partial charge in [-0.2, -0.15) is 0 Å². The predicted molar refractivity (Wildman–Crippen MR) is 138 cm³/mol. The highest BCUT2D eigenvalue weighted by atomic mass is 35.5. The molecule has 174 valence electrons. The van der Waals surface area contributed by atoms with Crippen molar-refractivity contribution in [1.82, 2.24) is 0 Å². The Labute approximate surface area is 203 Å². The van der Waals surface area contributed by atoms with Crippen LogP contribution >= 0.6 is 11.6 Å².